The third-order valence-electron chi connectivity index (χ3n) is 9.29. The maximum Gasteiger partial charge on any atom is 1.00 e. The van der Waals surface area contributed by atoms with Gasteiger partial charge >= 0.3 is 59.1 Å². The van der Waals surface area contributed by atoms with Crippen molar-refractivity contribution >= 4 is 73.4 Å². The molecule has 6 N–H and O–H groups in total. The van der Waals surface area contributed by atoms with Gasteiger partial charge in [-0.2, -0.15) is 29.9 Å². The van der Waals surface area contributed by atoms with Crippen LogP contribution in [-0.2, 0) is 20.2 Å². The van der Waals surface area contributed by atoms with Crippen LogP contribution in [0, 0.1) is 5.92 Å². The number of rotatable bonds is 18. The molecule has 1 atom stereocenters. The maximum atomic E-state index is 13.5. The SMILES string of the molecule is CN(CCO)c1nc(Nc2ccccc2)nc(NC2(Nc3nc(Nc4ccccc4)nc(N(C)CCO)n3)C=CC(C=Cc3ccccc3)C(S(=O)(=O)[O-])(S(=O)(=O)[O-])C2)n1.[Na+].[Na+]. The number of aromatic nitrogens is 6. The van der Waals surface area contributed by atoms with Gasteiger partial charge in [-0.05, 0) is 35.9 Å². The van der Waals surface area contributed by atoms with E-state index >= 15 is 0 Å². The van der Waals surface area contributed by atoms with Crippen molar-refractivity contribution in [3.63, 3.8) is 0 Å². The number of hydrogen-bond acceptors (Lipinski definition) is 20. The molecule has 62 heavy (non-hydrogen) atoms. The van der Waals surface area contributed by atoms with Crippen LogP contribution in [0.15, 0.2) is 109 Å². The summed E-state index contributed by atoms with van der Waals surface area (Å²) in [4.78, 5) is 29.8. The van der Waals surface area contributed by atoms with E-state index in [1.165, 1.54) is 28.0 Å². The summed E-state index contributed by atoms with van der Waals surface area (Å²) in [7, 11) is -8.91. The van der Waals surface area contributed by atoms with Crippen molar-refractivity contribution in [2.24, 2.45) is 5.92 Å². The molecule has 1 aliphatic rings. The van der Waals surface area contributed by atoms with E-state index in [2.05, 4.69) is 51.2 Å². The number of anilines is 8. The zero-order valence-electron chi connectivity index (χ0n) is 34.3. The van der Waals surface area contributed by atoms with Crippen LogP contribution in [0.25, 0.3) is 6.08 Å². The molecule has 0 radical (unpaired) electrons. The Morgan fingerprint density at radius 3 is 1.47 bits per heavy atom. The summed E-state index contributed by atoms with van der Waals surface area (Å²) in [5.41, 5.74) is -0.574. The van der Waals surface area contributed by atoms with Crippen LogP contribution in [0.5, 0.6) is 0 Å². The number of para-hydroxylation sites is 2. The smallest absolute Gasteiger partial charge is 0.747 e. The van der Waals surface area contributed by atoms with E-state index in [0.29, 0.717) is 16.9 Å². The van der Waals surface area contributed by atoms with Crippen molar-refractivity contribution in [2.75, 3.05) is 71.5 Å². The van der Waals surface area contributed by atoms with Crippen LogP contribution < -0.4 is 90.2 Å². The van der Waals surface area contributed by atoms with Gasteiger partial charge in [0.15, 0.2) is 4.08 Å². The molecule has 2 aromatic heterocycles. The fraction of sp³-hybridized carbons (Fsp3) is 0.263. The molecule has 20 nitrogen and oxygen atoms in total. The third-order valence-corrected chi connectivity index (χ3v) is 13.0. The first-order valence-electron chi connectivity index (χ1n) is 18.3. The first-order valence-corrected chi connectivity index (χ1v) is 21.2. The van der Waals surface area contributed by atoms with E-state index in [-0.39, 0.29) is 121 Å². The summed E-state index contributed by atoms with van der Waals surface area (Å²) in [5.74, 6) is -2.42. The molecule has 0 saturated carbocycles. The molecule has 316 valence electrons. The van der Waals surface area contributed by atoms with Crippen LogP contribution in [0.1, 0.15) is 12.0 Å². The monoisotopic (exact) mass is 904 g/mol. The average Bonchev–Trinajstić information content (AvgIpc) is 3.20. The summed E-state index contributed by atoms with van der Waals surface area (Å²) in [5, 5.41) is 31.4. The van der Waals surface area contributed by atoms with Crippen LogP contribution in [0.2, 0.25) is 0 Å². The van der Waals surface area contributed by atoms with E-state index < -0.39 is 42.3 Å². The molecule has 0 saturated heterocycles. The van der Waals surface area contributed by atoms with Gasteiger partial charge in [-0.15, -0.1) is 0 Å². The molecular weight excluding hydrogens is 863 g/mol. The van der Waals surface area contributed by atoms with Crippen molar-refractivity contribution in [1.82, 2.24) is 29.9 Å². The normalized spacial score (nSPS) is 15.4. The number of nitrogens with zero attached hydrogens (tertiary/aromatic N) is 8. The Hall–Kier alpha value is -4.30. The van der Waals surface area contributed by atoms with Gasteiger partial charge in [-0.3, -0.25) is 0 Å². The van der Waals surface area contributed by atoms with Crippen LogP contribution in [-0.4, -0.2) is 116 Å². The molecule has 3 aromatic carbocycles. The molecule has 0 bridgehead atoms. The van der Waals surface area contributed by atoms with Gasteiger partial charge in [0.05, 0.1) is 13.2 Å². The zero-order valence-corrected chi connectivity index (χ0v) is 40.0. The minimum absolute atomic E-state index is 0. The predicted octanol–water partition coefficient (Wildman–Crippen LogP) is -3.29. The Labute approximate surface area is 403 Å². The van der Waals surface area contributed by atoms with Crippen molar-refractivity contribution in [3.8, 4) is 0 Å². The van der Waals surface area contributed by atoms with Gasteiger partial charge in [0, 0.05) is 50.9 Å². The van der Waals surface area contributed by atoms with Crippen LogP contribution >= 0.6 is 0 Å². The van der Waals surface area contributed by atoms with Crippen molar-refractivity contribution in [2.45, 2.75) is 16.2 Å². The van der Waals surface area contributed by atoms with Gasteiger partial charge in [-0.1, -0.05) is 85.0 Å². The molecule has 6 rings (SSSR count). The van der Waals surface area contributed by atoms with E-state index in [0.717, 1.165) is 6.08 Å². The molecule has 24 heteroatoms. The second kappa shape index (κ2) is 21.9. The summed E-state index contributed by atoms with van der Waals surface area (Å²) in [6.45, 7) is -0.415. The molecule has 0 amide bonds. The van der Waals surface area contributed by atoms with Gasteiger partial charge in [-0.25, -0.2) is 16.8 Å². The van der Waals surface area contributed by atoms with Crippen LogP contribution in [0.4, 0.5) is 47.1 Å². The molecule has 1 unspecified atom stereocenters. The number of benzene rings is 3. The summed E-state index contributed by atoms with van der Waals surface area (Å²) in [6, 6.07) is 26.1. The Kier molecular flexibility index (Phi) is 17.8. The summed E-state index contributed by atoms with van der Waals surface area (Å²) < 4.78 is 77.4. The van der Waals surface area contributed by atoms with Crippen molar-refractivity contribution in [3.05, 3.63) is 115 Å². The fourth-order valence-electron chi connectivity index (χ4n) is 6.30. The Morgan fingerprint density at radius 2 is 1.06 bits per heavy atom. The molecule has 0 spiro atoms. The number of likely N-dealkylation sites (N-methyl/N-ethyl adjacent to an activating group) is 2. The second-order valence-electron chi connectivity index (χ2n) is 13.6. The van der Waals surface area contributed by atoms with Gasteiger partial charge in [0.25, 0.3) is 0 Å². The number of hydrogen-bond donors (Lipinski definition) is 6. The minimum atomic E-state index is -6.05. The average molecular weight is 905 g/mol. The number of aliphatic hydroxyl groups excluding tert-OH is 2. The molecule has 0 fully saturated rings. The molecule has 2 heterocycles. The maximum absolute atomic E-state index is 13.5. The predicted molar refractivity (Wildman–Crippen MR) is 225 cm³/mol. The number of nitrogens with one attached hydrogen (secondary N) is 4. The minimum Gasteiger partial charge on any atom is -0.747 e. The molecule has 0 aliphatic heterocycles. The summed E-state index contributed by atoms with van der Waals surface area (Å²) in [6.07, 6.45) is 3.75. The fourth-order valence-corrected chi connectivity index (χ4v) is 9.09. The molecule has 5 aromatic rings. The van der Waals surface area contributed by atoms with E-state index in [4.69, 9.17) is 0 Å². The zero-order chi connectivity index (χ0) is 43.0. The van der Waals surface area contributed by atoms with Crippen molar-refractivity contribution in [1.29, 1.82) is 0 Å². The first-order chi connectivity index (χ1) is 28.6. The standard InChI is InChI=1S/C38H44N12O8S2.2Na/c1-49(22-24-51)35-43-31(39-29-14-8-4-9-15-29)41-33(45-35)47-37(48-34-42-32(40-30-16-10-5-11-17-30)44-36(46-34)50(2)23-25-52)21-20-28(19-18-27-12-6-3-7-13-27)38(26-37,59(53,54)55)60(56,57)58;;/h3-21,28,51-52H,22-26H2,1-2H3,(H,53,54,55)(H,56,57,58)(H2,39,41,43,45,47)(H2,40,42,44,46,48);;/q;2*+1/p-2. The number of allylic oxidation sites excluding steroid dienone is 2. The summed E-state index contributed by atoms with van der Waals surface area (Å²) >= 11 is 0. The topological polar surface area (TPSA) is 287 Å². The van der Waals surface area contributed by atoms with Crippen molar-refractivity contribution < 1.29 is 95.3 Å². The largest absolute Gasteiger partial charge is 1.00 e. The van der Waals surface area contributed by atoms with Gasteiger partial charge in [0.2, 0.25) is 35.7 Å². The molecular formula is C38H42N12Na2O8S2. The Morgan fingerprint density at radius 1 is 0.661 bits per heavy atom. The van der Waals surface area contributed by atoms with E-state index in [1.807, 2.05) is 0 Å². The van der Waals surface area contributed by atoms with E-state index in [1.54, 1.807) is 105 Å². The second-order valence-corrected chi connectivity index (χ2v) is 17.1. The van der Waals surface area contributed by atoms with E-state index in [9.17, 15) is 36.2 Å². The molecule has 1 aliphatic carbocycles. The van der Waals surface area contributed by atoms with Gasteiger partial charge in [0.1, 0.15) is 25.9 Å². The third kappa shape index (κ3) is 12.2. The Bertz CT molecular complexity index is 2400. The Balaban J connectivity index is 0.00000422. The number of aliphatic hydroxyl groups is 2. The van der Waals surface area contributed by atoms with Gasteiger partial charge < -0.3 is 50.4 Å². The quantitative estimate of drug-likeness (QED) is 0.0217. The first kappa shape index (κ1) is 50.3. The van der Waals surface area contributed by atoms with Crippen LogP contribution in [0.3, 0.4) is 0 Å².